The van der Waals surface area contributed by atoms with Crippen molar-refractivity contribution in [2.45, 2.75) is 18.2 Å². The van der Waals surface area contributed by atoms with Crippen LogP contribution >= 0.6 is 11.3 Å². The number of carbonyl (C=O) groups is 1. The van der Waals surface area contributed by atoms with E-state index in [0.717, 1.165) is 12.0 Å². The Morgan fingerprint density at radius 1 is 1.30 bits per heavy atom. The number of anilines is 1. The van der Waals surface area contributed by atoms with E-state index in [2.05, 4.69) is 10.3 Å². The van der Waals surface area contributed by atoms with Crippen LogP contribution in [-0.2, 0) is 21.1 Å². The van der Waals surface area contributed by atoms with E-state index in [0.29, 0.717) is 21.1 Å². The number of benzene rings is 1. The van der Waals surface area contributed by atoms with Crippen molar-refractivity contribution < 1.29 is 17.6 Å². The van der Waals surface area contributed by atoms with E-state index in [1.165, 1.54) is 17.4 Å². The van der Waals surface area contributed by atoms with Crippen LogP contribution in [0.1, 0.15) is 11.5 Å². The van der Waals surface area contributed by atoms with Gasteiger partial charge in [0.2, 0.25) is 5.91 Å². The molecule has 3 rings (SSSR count). The van der Waals surface area contributed by atoms with Crippen molar-refractivity contribution in [1.82, 2.24) is 4.98 Å². The molecule has 1 N–H and O–H groups in total. The van der Waals surface area contributed by atoms with E-state index in [9.17, 15) is 13.2 Å². The number of hydrogen-bond acceptors (Lipinski definition) is 6. The normalized spacial score (nSPS) is 11.7. The van der Waals surface area contributed by atoms with Gasteiger partial charge in [-0.2, -0.15) is 0 Å². The predicted octanol–water partition coefficient (Wildman–Crippen LogP) is 2.78. The number of sulfone groups is 1. The molecule has 0 bridgehead atoms. The van der Waals surface area contributed by atoms with Gasteiger partial charge >= 0.3 is 0 Å². The smallest absolute Gasteiger partial charge is 0.233 e. The second-order valence-corrected chi connectivity index (χ2v) is 8.20. The monoisotopic (exact) mass is 350 g/mol. The highest BCUT2D eigenvalue weighted by Gasteiger charge is 2.13. The molecule has 120 valence electrons. The molecule has 0 aliphatic heterocycles. The lowest BCUT2D eigenvalue weighted by Gasteiger charge is -1.98. The molecule has 0 aliphatic carbocycles. The summed E-state index contributed by atoms with van der Waals surface area (Å²) in [5.74, 6) is 1.10. The van der Waals surface area contributed by atoms with Gasteiger partial charge in [-0.1, -0.05) is 11.3 Å². The average molecular weight is 350 g/mol. The Bertz CT molecular complexity index is 986. The molecular formula is C15H14N2O4S2. The van der Waals surface area contributed by atoms with Gasteiger partial charge in [-0.3, -0.25) is 4.79 Å². The number of hydrogen-bond donors (Lipinski definition) is 1. The van der Waals surface area contributed by atoms with Crippen molar-refractivity contribution in [3.05, 3.63) is 41.9 Å². The Labute approximate surface area is 137 Å². The molecule has 2 heterocycles. The van der Waals surface area contributed by atoms with Gasteiger partial charge in [-0.25, -0.2) is 13.4 Å². The first-order valence-electron chi connectivity index (χ1n) is 6.77. The summed E-state index contributed by atoms with van der Waals surface area (Å²) < 4.78 is 29.2. The molecular weight excluding hydrogens is 336 g/mol. The highest BCUT2D eigenvalue weighted by Crippen LogP contribution is 2.28. The highest BCUT2D eigenvalue weighted by atomic mass is 32.2. The molecule has 0 atom stereocenters. The Balaban J connectivity index is 1.79. The van der Waals surface area contributed by atoms with Crippen LogP contribution < -0.4 is 5.32 Å². The summed E-state index contributed by atoms with van der Waals surface area (Å²) >= 11 is 1.23. The van der Waals surface area contributed by atoms with Crippen molar-refractivity contribution in [3.63, 3.8) is 0 Å². The van der Waals surface area contributed by atoms with Crippen LogP contribution in [0.15, 0.2) is 39.6 Å². The summed E-state index contributed by atoms with van der Waals surface area (Å²) in [4.78, 5) is 16.5. The number of furan rings is 1. The highest BCUT2D eigenvalue weighted by molar-refractivity contribution is 7.90. The fourth-order valence-electron chi connectivity index (χ4n) is 2.09. The van der Waals surface area contributed by atoms with E-state index in [-0.39, 0.29) is 17.2 Å². The Morgan fingerprint density at radius 3 is 2.74 bits per heavy atom. The average Bonchev–Trinajstić information content (AvgIpc) is 3.02. The second-order valence-electron chi connectivity index (χ2n) is 5.16. The van der Waals surface area contributed by atoms with Gasteiger partial charge in [0, 0.05) is 6.26 Å². The minimum atomic E-state index is -3.27. The summed E-state index contributed by atoms with van der Waals surface area (Å²) in [7, 11) is -3.27. The molecule has 2 aromatic heterocycles. The third kappa shape index (κ3) is 3.59. The maximum absolute atomic E-state index is 12.0. The molecule has 23 heavy (non-hydrogen) atoms. The number of nitrogens with zero attached hydrogens (tertiary/aromatic N) is 1. The molecule has 0 fully saturated rings. The van der Waals surface area contributed by atoms with Crippen LogP contribution in [0.25, 0.3) is 10.2 Å². The first-order chi connectivity index (χ1) is 10.8. The van der Waals surface area contributed by atoms with E-state index >= 15 is 0 Å². The van der Waals surface area contributed by atoms with E-state index < -0.39 is 9.84 Å². The number of amides is 1. The molecule has 0 saturated carbocycles. The zero-order chi connectivity index (χ0) is 16.6. The summed E-state index contributed by atoms with van der Waals surface area (Å²) in [6, 6.07) is 8.26. The van der Waals surface area contributed by atoms with Crippen LogP contribution in [0, 0.1) is 6.92 Å². The van der Waals surface area contributed by atoms with Crippen LogP contribution in [-0.4, -0.2) is 25.6 Å². The summed E-state index contributed by atoms with van der Waals surface area (Å²) in [6.07, 6.45) is 1.28. The number of thiazole rings is 1. The van der Waals surface area contributed by atoms with Gasteiger partial charge < -0.3 is 9.73 Å². The largest absolute Gasteiger partial charge is 0.466 e. The predicted molar refractivity (Wildman–Crippen MR) is 88.5 cm³/mol. The summed E-state index contributed by atoms with van der Waals surface area (Å²) in [5.41, 5.74) is 0.645. The molecule has 0 unspecified atom stereocenters. The van der Waals surface area contributed by atoms with Gasteiger partial charge in [-0.05, 0) is 37.3 Å². The second kappa shape index (κ2) is 5.78. The zero-order valence-corrected chi connectivity index (χ0v) is 14.1. The lowest BCUT2D eigenvalue weighted by Crippen LogP contribution is -2.13. The maximum Gasteiger partial charge on any atom is 0.233 e. The summed E-state index contributed by atoms with van der Waals surface area (Å²) in [6.45, 7) is 1.81. The Hall–Kier alpha value is -2.19. The number of aromatic nitrogens is 1. The first-order valence-corrected chi connectivity index (χ1v) is 9.48. The van der Waals surface area contributed by atoms with E-state index in [1.54, 1.807) is 24.3 Å². The molecule has 3 aromatic rings. The molecule has 0 aliphatic rings. The van der Waals surface area contributed by atoms with Gasteiger partial charge in [0.15, 0.2) is 15.0 Å². The number of carbonyl (C=O) groups excluding carboxylic acids is 1. The standard InChI is InChI=1S/C15H14N2O4S2/c1-9-3-4-10(21-9)7-14(18)17-15-16-12-6-5-11(23(2,19)20)8-13(12)22-15/h3-6,8H,7H2,1-2H3,(H,16,17,18). The van der Waals surface area contributed by atoms with Crippen molar-refractivity contribution in [3.8, 4) is 0 Å². The van der Waals surface area contributed by atoms with Crippen molar-refractivity contribution in [2.24, 2.45) is 0 Å². The SMILES string of the molecule is Cc1ccc(CC(=O)Nc2nc3ccc(S(C)(=O)=O)cc3s2)o1. The molecule has 1 amide bonds. The Kier molecular flexibility index (Phi) is 3.95. The third-order valence-corrected chi connectivity index (χ3v) is 5.21. The van der Waals surface area contributed by atoms with Gasteiger partial charge in [-0.15, -0.1) is 0 Å². The van der Waals surface area contributed by atoms with E-state index in [4.69, 9.17) is 4.42 Å². The molecule has 1 aromatic carbocycles. The van der Waals surface area contributed by atoms with Crippen LogP contribution in [0.5, 0.6) is 0 Å². The lowest BCUT2D eigenvalue weighted by molar-refractivity contribution is -0.115. The van der Waals surface area contributed by atoms with Gasteiger partial charge in [0.1, 0.15) is 11.5 Å². The number of nitrogens with one attached hydrogen (secondary N) is 1. The number of rotatable bonds is 4. The first kappa shape index (κ1) is 15.7. The van der Waals surface area contributed by atoms with Crippen LogP contribution in [0.2, 0.25) is 0 Å². The lowest BCUT2D eigenvalue weighted by atomic mass is 10.3. The maximum atomic E-state index is 12.0. The molecule has 0 radical (unpaired) electrons. The van der Waals surface area contributed by atoms with E-state index in [1.807, 2.05) is 6.92 Å². The number of fused-ring (bicyclic) bond motifs is 1. The van der Waals surface area contributed by atoms with Crippen LogP contribution in [0.4, 0.5) is 5.13 Å². The van der Waals surface area contributed by atoms with Crippen LogP contribution in [0.3, 0.4) is 0 Å². The topological polar surface area (TPSA) is 89.3 Å². The quantitative estimate of drug-likeness (QED) is 0.781. The fourth-order valence-corrected chi connectivity index (χ4v) is 3.73. The van der Waals surface area contributed by atoms with Crippen molar-refractivity contribution in [1.29, 1.82) is 0 Å². The molecule has 6 nitrogen and oxygen atoms in total. The Morgan fingerprint density at radius 2 is 2.09 bits per heavy atom. The molecule has 0 spiro atoms. The summed E-state index contributed by atoms with van der Waals surface area (Å²) in [5, 5.41) is 3.14. The van der Waals surface area contributed by atoms with Gasteiger partial charge in [0.25, 0.3) is 0 Å². The van der Waals surface area contributed by atoms with Gasteiger partial charge in [0.05, 0.1) is 21.5 Å². The third-order valence-electron chi connectivity index (χ3n) is 3.17. The zero-order valence-electron chi connectivity index (χ0n) is 12.5. The minimum Gasteiger partial charge on any atom is -0.466 e. The van der Waals surface area contributed by atoms with Crippen molar-refractivity contribution in [2.75, 3.05) is 11.6 Å². The molecule has 0 saturated heterocycles. The number of aryl methyl sites for hydroxylation is 1. The molecule has 8 heteroatoms. The minimum absolute atomic E-state index is 0.123. The van der Waals surface area contributed by atoms with Crippen molar-refractivity contribution >= 4 is 42.4 Å². The fraction of sp³-hybridized carbons (Fsp3) is 0.200.